The third-order valence-corrected chi connectivity index (χ3v) is 6.76. The molecule has 0 aromatic rings. The van der Waals surface area contributed by atoms with Crippen LogP contribution in [0.25, 0.3) is 0 Å². The first-order valence-electron chi connectivity index (χ1n) is 6.40. The summed E-state index contributed by atoms with van der Waals surface area (Å²) in [5.74, 6) is 0. The number of hydrogen-bond donors (Lipinski definition) is 0. The first kappa shape index (κ1) is 13.5. The highest BCUT2D eigenvalue weighted by Gasteiger charge is 2.38. The van der Waals surface area contributed by atoms with E-state index in [0.717, 1.165) is 38.3 Å². The van der Waals surface area contributed by atoms with Gasteiger partial charge in [0.25, 0.3) is 0 Å². The van der Waals surface area contributed by atoms with Crippen LogP contribution in [0.5, 0.6) is 0 Å². The lowest BCUT2D eigenvalue weighted by Gasteiger charge is -2.34. The predicted molar refractivity (Wildman–Crippen MR) is 66.8 cm³/mol. The van der Waals surface area contributed by atoms with Crippen LogP contribution in [-0.2, 0) is 18.3 Å². The standard InChI is InChI=1S/C12H23O4Si/c1-13-17(3,14-2)8-4-7-15-10-5-6-11-12(9-10)16-11/h11-12H,4-9H2,1-3H3/q-1. The highest BCUT2D eigenvalue weighted by Crippen LogP contribution is 2.40. The average molecular weight is 259 g/mol. The Hall–Kier alpha value is 0.0569. The summed E-state index contributed by atoms with van der Waals surface area (Å²) in [5.41, 5.74) is 0. The molecule has 2 fully saturated rings. The van der Waals surface area contributed by atoms with E-state index < -0.39 is 8.56 Å². The Bertz CT molecular complexity index is 245. The van der Waals surface area contributed by atoms with Crippen molar-refractivity contribution in [2.45, 2.75) is 50.5 Å². The summed E-state index contributed by atoms with van der Waals surface area (Å²) in [6.45, 7) is 2.87. The van der Waals surface area contributed by atoms with E-state index in [1.165, 1.54) is 6.10 Å². The van der Waals surface area contributed by atoms with Crippen LogP contribution in [0.2, 0.25) is 12.6 Å². The first-order chi connectivity index (χ1) is 8.17. The minimum atomic E-state index is -1.90. The van der Waals surface area contributed by atoms with Crippen LogP contribution in [0.4, 0.5) is 0 Å². The van der Waals surface area contributed by atoms with Gasteiger partial charge in [0.2, 0.25) is 0 Å². The number of rotatable bonds is 7. The summed E-state index contributed by atoms with van der Waals surface area (Å²) in [5, 5.41) is 0. The van der Waals surface area contributed by atoms with Crippen molar-refractivity contribution in [3.8, 4) is 0 Å². The Morgan fingerprint density at radius 2 is 2.06 bits per heavy atom. The van der Waals surface area contributed by atoms with Crippen molar-refractivity contribution < 1.29 is 18.3 Å². The van der Waals surface area contributed by atoms with E-state index in [9.17, 15) is 0 Å². The summed E-state index contributed by atoms with van der Waals surface area (Å²) in [6.07, 6.45) is 6.46. The van der Waals surface area contributed by atoms with E-state index in [2.05, 4.69) is 6.55 Å². The van der Waals surface area contributed by atoms with Crippen molar-refractivity contribution in [2.75, 3.05) is 20.8 Å². The van der Waals surface area contributed by atoms with Crippen molar-refractivity contribution in [3.05, 3.63) is 6.10 Å². The second-order valence-electron chi connectivity index (χ2n) is 4.99. The molecule has 0 bridgehead atoms. The second kappa shape index (κ2) is 5.80. The number of hydrogen-bond acceptors (Lipinski definition) is 4. The first-order valence-corrected chi connectivity index (χ1v) is 8.92. The molecule has 1 aliphatic heterocycles. The van der Waals surface area contributed by atoms with E-state index >= 15 is 0 Å². The predicted octanol–water partition coefficient (Wildman–Crippen LogP) is 2.24. The van der Waals surface area contributed by atoms with Crippen LogP contribution in [0.1, 0.15) is 25.7 Å². The highest BCUT2D eigenvalue weighted by molar-refractivity contribution is 6.65. The molecule has 1 saturated heterocycles. The quantitative estimate of drug-likeness (QED) is 0.304. The van der Waals surface area contributed by atoms with Gasteiger partial charge in [-0.15, -0.1) is 6.42 Å². The maximum absolute atomic E-state index is 5.81. The fraction of sp³-hybridized carbons (Fsp3) is 0.917. The van der Waals surface area contributed by atoms with Crippen molar-refractivity contribution in [3.63, 3.8) is 0 Å². The molecule has 17 heavy (non-hydrogen) atoms. The van der Waals surface area contributed by atoms with Gasteiger partial charge in [0.1, 0.15) is 0 Å². The fourth-order valence-corrected chi connectivity index (χ4v) is 3.63. The van der Waals surface area contributed by atoms with Gasteiger partial charge in [-0.3, -0.25) is 0 Å². The molecule has 2 rings (SSSR count). The molecular formula is C12H23O4Si-. The normalized spacial score (nSPS) is 29.1. The van der Waals surface area contributed by atoms with Crippen LogP contribution in [0.15, 0.2) is 0 Å². The molecule has 0 aromatic carbocycles. The van der Waals surface area contributed by atoms with Crippen LogP contribution >= 0.6 is 0 Å². The molecule has 2 unspecified atom stereocenters. The number of epoxide rings is 1. The van der Waals surface area contributed by atoms with Crippen LogP contribution in [0, 0.1) is 6.10 Å². The maximum atomic E-state index is 5.81. The minimum Gasteiger partial charge on any atom is -0.549 e. The zero-order valence-electron chi connectivity index (χ0n) is 11.0. The van der Waals surface area contributed by atoms with Crippen LogP contribution < -0.4 is 0 Å². The molecule has 0 radical (unpaired) electrons. The van der Waals surface area contributed by atoms with Gasteiger partial charge in [-0.25, -0.2) is 0 Å². The SMILES string of the molecule is CO[Si](C)(CCCO[C-]1CCC2OC2C1)OC. The molecule has 1 heterocycles. The van der Waals surface area contributed by atoms with E-state index in [1.807, 2.05) is 0 Å². The lowest BCUT2D eigenvalue weighted by molar-refractivity contribution is 0.116. The molecule has 0 spiro atoms. The van der Waals surface area contributed by atoms with Crippen molar-refractivity contribution in [1.82, 2.24) is 0 Å². The van der Waals surface area contributed by atoms with Gasteiger partial charge in [0.15, 0.2) is 0 Å². The molecular weight excluding hydrogens is 236 g/mol. The van der Waals surface area contributed by atoms with E-state index in [-0.39, 0.29) is 0 Å². The summed E-state index contributed by atoms with van der Waals surface area (Å²) < 4.78 is 22.2. The number of fused-ring (bicyclic) bond motifs is 1. The second-order valence-corrected chi connectivity index (χ2v) is 8.57. The van der Waals surface area contributed by atoms with Gasteiger partial charge in [-0.05, 0) is 25.4 Å². The van der Waals surface area contributed by atoms with Gasteiger partial charge >= 0.3 is 8.56 Å². The maximum Gasteiger partial charge on any atom is 0.334 e. The third-order valence-electron chi connectivity index (χ3n) is 3.77. The van der Waals surface area contributed by atoms with E-state index in [4.69, 9.17) is 18.3 Å². The van der Waals surface area contributed by atoms with Gasteiger partial charge in [-0.2, -0.15) is 12.5 Å². The lowest BCUT2D eigenvalue weighted by Crippen LogP contribution is -2.36. The molecule has 5 heteroatoms. The largest absolute Gasteiger partial charge is 0.549 e. The van der Waals surface area contributed by atoms with Crippen molar-refractivity contribution >= 4 is 8.56 Å². The molecule has 0 N–H and O–H groups in total. The molecule has 1 saturated carbocycles. The molecule has 0 aromatic heterocycles. The Morgan fingerprint density at radius 3 is 2.71 bits per heavy atom. The monoisotopic (exact) mass is 259 g/mol. The topological polar surface area (TPSA) is 40.2 Å². The smallest absolute Gasteiger partial charge is 0.334 e. The Kier molecular flexibility index (Phi) is 4.60. The summed E-state index contributed by atoms with van der Waals surface area (Å²) in [4.78, 5) is 0. The molecule has 2 atom stereocenters. The van der Waals surface area contributed by atoms with Crippen molar-refractivity contribution in [2.24, 2.45) is 0 Å². The lowest BCUT2D eigenvalue weighted by atomic mass is 9.98. The van der Waals surface area contributed by atoms with Crippen LogP contribution in [-0.4, -0.2) is 41.6 Å². The summed E-state index contributed by atoms with van der Waals surface area (Å²) in [7, 11) is 1.56. The average Bonchev–Trinajstić information content (AvgIpc) is 3.12. The molecule has 0 amide bonds. The van der Waals surface area contributed by atoms with Gasteiger partial charge in [-0.1, -0.05) is 0 Å². The van der Waals surface area contributed by atoms with Gasteiger partial charge in [0.05, 0.1) is 12.2 Å². The van der Waals surface area contributed by atoms with E-state index in [0.29, 0.717) is 12.2 Å². The fourth-order valence-electron chi connectivity index (χ4n) is 2.27. The van der Waals surface area contributed by atoms with Gasteiger partial charge in [0, 0.05) is 20.8 Å². The van der Waals surface area contributed by atoms with Gasteiger partial charge < -0.3 is 18.3 Å². The highest BCUT2D eigenvalue weighted by atomic mass is 28.4. The van der Waals surface area contributed by atoms with E-state index in [1.54, 1.807) is 14.2 Å². The zero-order chi connectivity index (χ0) is 12.3. The Morgan fingerprint density at radius 1 is 1.29 bits per heavy atom. The molecule has 100 valence electrons. The number of ether oxygens (including phenoxy) is 2. The molecule has 1 aliphatic carbocycles. The zero-order valence-corrected chi connectivity index (χ0v) is 12.0. The molecule has 2 aliphatic rings. The summed E-state index contributed by atoms with van der Waals surface area (Å²) >= 11 is 0. The minimum absolute atomic E-state index is 0.469. The third kappa shape index (κ3) is 3.76. The molecule has 4 nitrogen and oxygen atoms in total. The van der Waals surface area contributed by atoms with Crippen LogP contribution in [0.3, 0.4) is 0 Å². The van der Waals surface area contributed by atoms with Crippen molar-refractivity contribution in [1.29, 1.82) is 0 Å². The summed E-state index contributed by atoms with van der Waals surface area (Å²) in [6, 6.07) is 0.982. The Balaban J connectivity index is 1.56. The Labute approximate surface area is 105 Å².